The fraction of sp³-hybridized carbons (Fsp3) is 0.588. The Balaban J connectivity index is 1.56. The molecule has 0 bridgehead atoms. The van der Waals surface area contributed by atoms with Gasteiger partial charge in [0.15, 0.2) is 5.69 Å². The van der Waals surface area contributed by atoms with Crippen LogP contribution in [0.25, 0.3) is 0 Å². The lowest BCUT2D eigenvalue weighted by Crippen LogP contribution is -2.48. The van der Waals surface area contributed by atoms with Crippen LogP contribution in [0.4, 0.5) is 0 Å². The lowest BCUT2D eigenvalue weighted by atomic mass is 10.0. The molecule has 1 unspecified atom stereocenters. The van der Waals surface area contributed by atoms with E-state index in [0.717, 1.165) is 38.0 Å². The lowest BCUT2D eigenvalue weighted by molar-refractivity contribution is 0.0904. The second kappa shape index (κ2) is 8.22. The zero-order valence-corrected chi connectivity index (χ0v) is 15.3. The van der Waals surface area contributed by atoms with Crippen molar-refractivity contribution in [3.8, 4) is 0 Å². The first kappa shape index (κ1) is 18.2. The largest absolute Gasteiger partial charge is 0.349 e. The molecule has 1 aliphatic heterocycles. The molecule has 1 aliphatic rings. The highest BCUT2D eigenvalue weighted by molar-refractivity contribution is 5.91. The Labute approximate surface area is 152 Å². The SMILES string of the molecule is Cc1ccc(=O)n(CCN2CCCCC2CNC(=O)c2cn(C)nn2)n1. The van der Waals surface area contributed by atoms with Gasteiger partial charge in [-0.05, 0) is 32.4 Å². The van der Waals surface area contributed by atoms with E-state index in [1.54, 1.807) is 25.4 Å². The molecule has 0 spiro atoms. The van der Waals surface area contributed by atoms with Gasteiger partial charge >= 0.3 is 0 Å². The number of hydrogen-bond donors (Lipinski definition) is 1. The number of carbonyl (C=O) groups excluding carboxylic acids is 1. The van der Waals surface area contributed by atoms with Crippen LogP contribution >= 0.6 is 0 Å². The summed E-state index contributed by atoms with van der Waals surface area (Å²) in [7, 11) is 1.73. The maximum absolute atomic E-state index is 12.2. The quantitative estimate of drug-likeness (QED) is 0.777. The average molecular weight is 359 g/mol. The van der Waals surface area contributed by atoms with Gasteiger partial charge in [-0.2, -0.15) is 5.10 Å². The fourth-order valence-corrected chi connectivity index (χ4v) is 3.27. The molecule has 1 fully saturated rings. The first-order valence-electron chi connectivity index (χ1n) is 8.96. The second-order valence-corrected chi connectivity index (χ2v) is 6.71. The standard InChI is InChI=1S/C17H25N7O2/c1-13-6-7-16(25)24(20-13)10-9-23-8-4-3-5-14(23)11-18-17(26)15-12-22(2)21-19-15/h6-7,12,14H,3-5,8-11H2,1-2H3,(H,18,26). The van der Waals surface area contributed by atoms with Gasteiger partial charge in [0, 0.05) is 32.2 Å². The smallest absolute Gasteiger partial charge is 0.273 e. The minimum atomic E-state index is -0.208. The number of nitrogens with zero attached hydrogens (tertiary/aromatic N) is 6. The number of piperidine rings is 1. The second-order valence-electron chi connectivity index (χ2n) is 6.71. The van der Waals surface area contributed by atoms with Crippen LogP contribution < -0.4 is 10.9 Å². The molecule has 9 heteroatoms. The lowest BCUT2D eigenvalue weighted by Gasteiger charge is -2.35. The highest BCUT2D eigenvalue weighted by Gasteiger charge is 2.23. The van der Waals surface area contributed by atoms with Crippen molar-refractivity contribution >= 4 is 5.91 Å². The molecule has 2 aromatic heterocycles. The summed E-state index contributed by atoms with van der Waals surface area (Å²) in [5, 5.41) is 14.9. The summed E-state index contributed by atoms with van der Waals surface area (Å²) in [4.78, 5) is 26.4. The van der Waals surface area contributed by atoms with Crippen LogP contribution in [0.1, 0.15) is 35.4 Å². The third kappa shape index (κ3) is 4.54. The van der Waals surface area contributed by atoms with Crippen molar-refractivity contribution in [1.82, 2.24) is 35.0 Å². The van der Waals surface area contributed by atoms with E-state index in [4.69, 9.17) is 0 Å². The molecule has 1 saturated heterocycles. The number of aromatic nitrogens is 5. The van der Waals surface area contributed by atoms with Crippen molar-refractivity contribution in [1.29, 1.82) is 0 Å². The number of carbonyl (C=O) groups is 1. The van der Waals surface area contributed by atoms with Gasteiger partial charge in [0.05, 0.1) is 18.4 Å². The number of aryl methyl sites for hydroxylation is 2. The summed E-state index contributed by atoms with van der Waals surface area (Å²) < 4.78 is 3.02. The van der Waals surface area contributed by atoms with Gasteiger partial charge < -0.3 is 5.32 Å². The number of nitrogens with one attached hydrogen (secondary N) is 1. The molecule has 2 aromatic rings. The fourth-order valence-electron chi connectivity index (χ4n) is 3.27. The first-order valence-corrected chi connectivity index (χ1v) is 8.96. The average Bonchev–Trinajstić information content (AvgIpc) is 3.07. The predicted octanol–water partition coefficient (Wildman–Crippen LogP) is -0.0353. The number of amides is 1. The zero-order valence-electron chi connectivity index (χ0n) is 15.3. The van der Waals surface area contributed by atoms with E-state index in [1.807, 2.05) is 6.92 Å². The van der Waals surface area contributed by atoms with Crippen LogP contribution in [0.5, 0.6) is 0 Å². The van der Waals surface area contributed by atoms with Crippen LogP contribution in [0.2, 0.25) is 0 Å². The monoisotopic (exact) mass is 359 g/mol. The van der Waals surface area contributed by atoms with Crippen molar-refractivity contribution < 1.29 is 4.79 Å². The van der Waals surface area contributed by atoms with E-state index >= 15 is 0 Å². The minimum Gasteiger partial charge on any atom is -0.349 e. The normalized spacial score (nSPS) is 18.0. The Morgan fingerprint density at radius 2 is 2.15 bits per heavy atom. The molecule has 140 valence electrons. The van der Waals surface area contributed by atoms with Crippen LogP contribution in [-0.4, -0.2) is 61.3 Å². The van der Waals surface area contributed by atoms with Gasteiger partial charge in [-0.3, -0.25) is 19.2 Å². The molecule has 9 nitrogen and oxygen atoms in total. The van der Waals surface area contributed by atoms with E-state index in [-0.39, 0.29) is 17.5 Å². The zero-order chi connectivity index (χ0) is 18.5. The first-order chi connectivity index (χ1) is 12.5. The van der Waals surface area contributed by atoms with Crippen molar-refractivity contribution in [2.24, 2.45) is 7.05 Å². The number of likely N-dealkylation sites (tertiary alicyclic amines) is 1. The Morgan fingerprint density at radius 3 is 2.92 bits per heavy atom. The van der Waals surface area contributed by atoms with E-state index in [9.17, 15) is 9.59 Å². The summed E-state index contributed by atoms with van der Waals surface area (Å²) in [5.41, 5.74) is 1.07. The van der Waals surface area contributed by atoms with Crippen LogP contribution in [-0.2, 0) is 13.6 Å². The number of rotatable bonds is 6. The maximum atomic E-state index is 12.2. The third-order valence-electron chi connectivity index (χ3n) is 4.68. The minimum absolute atomic E-state index is 0.0832. The van der Waals surface area contributed by atoms with Crippen molar-refractivity contribution in [3.63, 3.8) is 0 Å². The molecule has 0 radical (unpaired) electrons. The highest BCUT2D eigenvalue weighted by Crippen LogP contribution is 2.16. The van der Waals surface area contributed by atoms with Crippen LogP contribution in [0.15, 0.2) is 23.1 Å². The Morgan fingerprint density at radius 1 is 1.31 bits per heavy atom. The summed E-state index contributed by atoms with van der Waals surface area (Å²) in [6, 6.07) is 3.53. The Bertz CT molecular complexity index is 813. The van der Waals surface area contributed by atoms with Gasteiger partial charge in [-0.1, -0.05) is 11.6 Å². The van der Waals surface area contributed by atoms with Crippen molar-refractivity contribution in [3.05, 3.63) is 40.1 Å². The van der Waals surface area contributed by atoms with E-state index in [1.165, 1.54) is 9.36 Å². The van der Waals surface area contributed by atoms with Gasteiger partial charge in [0.25, 0.3) is 11.5 Å². The molecule has 3 heterocycles. The predicted molar refractivity (Wildman–Crippen MR) is 95.8 cm³/mol. The van der Waals surface area contributed by atoms with Crippen molar-refractivity contribution in [2.75, 3.05) is 19.6 Å². The van der Waals surface area contributed by atoms with Gasteiger partial charge in [0.2, 0.25) is 0 Å². The number of hydrogen-bond acceptors (Lipinski definition) is 6. The van der Waals surface area contributed by atoms with E-state index in [0.29, 0.717) is 18.8 Å². The summed E-state index contributed by atoms with van der Waals surface area (Å²) in [6.07, 6.45) is 4.90. The molecule has 26 heavy (non-hydrogen) atoms. The maximum Gasteiger partial charge on any atom is 0.273 e. The summed E-state index contributed by atoms with van der Waals surface area (Å²) >= 11 is 0. The molecule has 0 aliphatic carbocycles. The molecular formula is C17H25N7O2. The van der Waals surface area contributed by atoms with Crippen molar-refractivity contribution in [2.45, 2.75) is 38.8 Å². The Hall–Kier alpha value is -2.55. The summed E-state index contributed by atoms with van der Waals surface area (Å²) in [6.45, 7) is 4.69. The van der Waals surface area contributed by atoms with Gasteiger partial charge in [0.1, 0.15) is 0 Å². The topological polar surface area (TPSA) is 97.9 Å². The molecular weight excluding hydrogens is 334 g/mol. The van der Waals surface area contributed by atoms with E-state index < -0.39 is 0 Å². The molecule has 1 amide bonds. The Kier molecular flexibility index (Phi) is 5.77. The summed E-state index contributed by atoms with van der Waals surface area (Å²) in [5.74, 6) is -0.208. The molecule has 0 aromatic carbocycles. The van der Waals surface area contributed by atoms with Gasteiger partial charge in [-0.15, -0.1) is 5.10 Å². The van der Waals surface area contributed by atoms with Gasteiger partial charge in [-0.25, -0.2) is 4.68 Å². The van der Waals surface area contributed by atoms with Crippen LogP contribution in [0, 0.1) is 6.92 Å². The van der Waals surface area contributed by atoms with E-state index in [2.05, 4.69) is 25.6 Å². The molecule has 3 rings (SSSR count). The molecule has 1 atom stereocenters. The molecule has 1 N–H and O–H groups in total. The molecule has 0 saturated carbocycles. The highest BCUT2D eigenvalue weighted by atomic mass is 16.2. The van der Waals surface area contributed by atoms with Crippen LogP contribution in [0.3, 0.4) is 0 Å². The third-order valence-corrected chi connectivity index (χ3v) is 4.68.